The van der Waals surface area contributed by atoms with Gasteiger partial charge in [0.15, 0.2) is 23.8 Å². The number of benzene rings is 2. The number of carbonyl (C=O) groups excluding carboxylic acids is 2. The molecule has 31 heavy (non-hydrogen) atoms. The Morgan fingerprint density at radius 1 is 1.03 bits per heavy atom. The molecule has 0 spiro atoms. The Bertz CT molecular complexity index is 1120. The zero-order valence-corrected chi connectivity index (χ0v) is 16.7. The van der Waals surface area contributed by atoms with Gasteiger partial charge in [0.1, 0.15) is 13.2 Å². The van der Waals surface area contributed by atoms with Crippen LogP contribution in [-0.4, -0.2) is 41.5 Å². The number of hydrogen-bond donors (Lipinski definition) is 1. The molecule has 2 aromatic carbocycles. The van der Waals surface area contributed by atoms with Gasteiger partial charge in [-0.2, -0.15) is 5.10 Å². The molecule has 0 unspecified atom stereocenters. The van der Waals surface area contributed by atoms with E-state index in [2.05, 4.69) is 10.4 Å². The van der Waals surface area contributed by atoms with Crippen LogP contribution in [0.4, 0.5) is 5.69 Å². The van der Waals surface area contributed by atoms with Crippen molar-refractivity contribution in [2.24, 2.45) is 0 Å². The number of nitrogens with one attached hydrogen (secondary N) is 1. The third kappa shape index (κ3) is 4.23. The molecule has 8 nitrogen and oxygen atoms in total. The minimum atomic E-state index is -0.597. The molecule has 2 aliphatic rings. The summed E-state index contributed by atoms with van der Waals surface area (Å²) in [6.07, 6.45) is 2.14. The SMILES string of the molecule is O=C(COC(=O)c1cc(C2CC2)nn1-c1ccccc1)Nc1ccc2c(c1)OCCO2. The second-order valence-corrected chi connectivity index (χ2v) is 7.46. The summed E-state index contributed by atoms with van der Waals surface area (Å²) >= 11 is 0. The van der Waals surface area contributed by atoms with Crippen LogP contribution in [0.3, 0.4) is 0 Å². The maximum absolute atomic E-state index is 12.7. The maximum Gasteiger partial charge on any atom is 0.357 e. The molecule has 1 aliphatic heterocycles. The molecule has 1 saturated carbocycles. The molecule has 8 heteroatoms. The Morgan fingerprint density at radius 3 is 2.58 bits per heavy atom. The fourth-order valence-electron chi connectivity index (χ4n) is 3.41. The first-order valence-electron chi connectivity index (χ1n) is 10.2. The molecule has 0 saturated heterocycles. The van der Waals surface area contributed by atoms with Crippen molar-refractivity contribution in [1.29, 1.82) is 0 Å². The number of carbonyl (C=O) groups is 2. The van der Waals surface area contributed by atoms with E-state index in [1.807, 2.05) is 30.3 Å². The topological polar surface area (TPSA) is 91.7 Å². The fourth-order valence-corrected chi connectivity index (χ4v) is 3.41. The Hall–Kier alpha value is -3.81. The number of hydrogen-bond acceptors (Lipinski definition) is 6. The largest absolute Gasteiger partial charge is 0.486 e. The van der Waals surface area contributed by atoms with Crippen LogP contribution >= 0.6 is 0 Å². The van der Waals surface area contributed by atoms with E-state index in [9.17, 15) is 9.59 Å². The van der Waals surface area contributed by atoms with Crippen LogP contribution in [0, 0.1) is 0 Å². The highest BCUT2D eigenvalue weighted by Gasteiger charge is 2.29. The zero-order chi connectivity index (χ0) is 21.2. The quantitative estimate of drug-likeness (QED) is 0.617. The number of ether oxygens (including phenoxy) is 3. The summed E-state index contributed by atoms with van der Waals surface area (Å²) in [7, 11) is 0. The van der Waals surface area contributed by atoms with Gasteiger partial charge in [-0.25, -0.2) is 9.48 Å². The first-order valence-corrected chi connectivity index (χ1v) is 10.2. The van der Waals surface area contributed by atoms with E-state index in [4.69, 9.17) is 14.2 Å². The van der Waals surface area contributed by atoms with Gasteiger partial charge in [0, 0.05) is 17.7 Å². The van der Waals surface area contributed by atoms with Gasteiger partial charge in [0.2, 0.25) is 0 Å². The van der Waals surface area contributed by atoms with Crippen LogP contribution in [-0.2, 0) is 9.53 Å². The molecule has 2 heterocycles. The van der Waals surface area contributed by atoms with Crippen molar-refractivity contribution >= 4 is 17.6 Å². The first kappa shape index (κ1) is 19.2. The minimum absolute atomic E-state index is 0.306. The fraction of sp³-hybridized carbons (Fsp3) is 0.261. The van der Waals surface area contributed by atoms with E-state index in [0.717, 1.165) is 24.2 Å². The van der Waals surface area contributed by atoms with E-state index in [1.54, 1.807) is 28.9 Å². The molecular weight excluding hydrogens is 398 g/mol. The summed E-state index contributed by atoms with van der Waals surface area (Å²) in [5, 5.41) is 7.29. The van der Waals surface area contributed by atoms with Crippen LogP contribution in [0.25, 0.3) is 5.69 Å². The molecule has 3 aromatic rings. The highest BCUT2D eigenvalue weighted by molar-refractivity contribution is 5.95. The molecule has 1 N–H and O–H groups in total. The third-order valence-corrected chi connectivity index (χ3v) is 5.09. The lowest BCUT2D eigenvalue weighted by molar-refractivity contribution is -0.119. The smallest absolute Gasteiger partial charge is 0.357 e. The lowest BCUT2D eigenvalue weighted by atomic mass is 10.2. The monoisotopic (exact) mass is 419 g/mol. The molecule has 1 aliphatic carbocycles. The minimum Gasteiger partial charge on any atom is -0.486 e. The summed E-state index contributed by atoms with van der Waals surface area (Å²) in [6.45, 7) is 0.544. The van der Waals surface area contributed by atoms with Crippen LogP contribution in [0.5, 0.6) is 11.5 Å². The van der Waals surface area contributed by atoms with E-state index in [-0.39, 0.29) is 0 Å². The molecule has 0 bridgehead atoms. The van der Waals surface area contributed by atoms with Crippen LogP contribution < -0.4 is 14.8 Å². The van der Waals surface area contributed by atoms with Gasteiger partial charge in [-0.15, -0.1) is 0 Å². The van der Waals surface area contributed by atoms with Gasteiger partial charge in [-0.3, -0.25) is 4.79 Å². The van der Waals surface area contributed by atoms with Gasteiger partial charge in [-0.1, -0.05) is 18.2 Å². The van der Waals surface area contributed by atoms with Gasteiger partial charge in [0.05, 0.1) is 11.4 Å². The number of aromatic nitrogens is 2. The van der Waals surface area contributed by atoms with Crippen molar-refractivity contribution in [3.63, 3.8) is 0 Å². The van der Waals surface area contributed by atoms with Crippen molar-refractivity contribution in [2.45, 2.75) is 18.8 Å². The Labute approximate surface area is 178 Å². The molecule has 5 rings (SSSR count). The van der Waals surface area contributed by atoms with Gasteiger partial charge >= 0.3 is 5.97 Å². The number of rotatable bonds is 6. The van der Waals surface area contributed by atoms with Crippen molar-refractivity contribution in [1.82, 2.24) is 9.78 Å². The summed E-state index contributed by atoms with van der Waals surface area (Å²) in [5.41, 5.74) is 2.48. The zero-order valence-electron chi connectivity index (χ0n) is 16.7. The van der Waals surface area contributed by atoms with Crippen LogP contribution in [0.1, 0.15) is 34.9 Å². The summed E-state index contributed by atoms with van der Waals surface area (Å²) in [5.74, 6) is 0.547. The van der Waals surface area contributed by atoms with Crippen LogP contribution in [0.15, 0.2) is 54.6 Å². The third-order valence-electron chi connectivity index (χ3n) is 5.09. The first-order chi connectivity index (χ1) is 15.2. The summed E-state index contributed by atoms with van der Waals surface area (Å²) in [4.78, 5) is 25.1. The average Bonchev–Trinajstić information content (AvgIpc) is 3.56. The molecule has 158 valence electrons. The number of amides is 1. The van der Waals surface area contributed by atoms with Gasteiger partial charge in [-0.05, 0) is 43.2 Å². The van der Waals surface area contributed by atoms with Crippen LogP contribution in [0.2, 0.25) is 0 Å². The Morgan fingerprint density at radius 2 is 1.81 bits per heavy atom. The normalized spacial score (nSPS) is 14.7. The van der Waals surface area contributed by atoms with Gasteiger partial charge < -0.3 is 19.5 Å². The van der Waals surface area contributed by atoms with E-state index < -0.39 is 18.5 Å². The Balaban J connectivity index is 1.26. The number of esters is 1. The summed E-state index contributed by atoms with van der Waals surface area (Å²) < 4.78 is 17.8. The summed E-state index contributed by atoms with van der Waals surface area (Å²) in [6, 6.07) is 16.3. The molecule has 0 radical (unpaired) electrons. The lowest BCUT2D eigenvalue weighted by Gasteiger charge is -2.19. The van der Waals surface area contributed by atoms with E-state index in [0.29, 0.717) is 42.0 Å². The number of anilines is 1. The number of para-hydroxylation sites is 1. The highest BCUT2D eigenvalue weighted by Crippen LogP contribution is 2.39. The molecule has 1 aromatic heterocycles. The highest BCUT2D eigenvalue weighted by atomic mass is 16.6. The van der Waals surface area contributed by atoms with E-state index >= 15 is 0 Å². The van der Waals surface area contributed by atoms with Crippen molar-refractivity contribution in [3.8, 4) is 17.2 Å². The lowest BCUT2D eigenvalue weighted by Crippen LogP contribution is -2.22. The predicted molar refractivity (Wildman–Crippen MR) is 112 cm³/mol. The standard InChI is InChI=1S/C23H21N3O5/c27-22(24-16-8-9-20-21(12-16)30-11-10-29-20)14-31-23(28)19-13-18(15-6-7-15)25-26(19)17-4-2-1-3-5-17/h1-5,8-9,12-13,15H,6-7,10-11,14H2,(H,24,27). The molecule has 0 atom stereocenters. The molecular formula is C23H21N3O5. The van der Waals surface area contributed by atoms with Crippen molar-refractivity contribution in [2.75, 3.05) is 25.1 Å². The molecule has 1 fully saturated rings. The van der Waals surface area contributed by atoms with Crippen molar-refractivity contribution < 1.29 is 23.8 Å². The molecule has 1 amide bonds. The average molecular weight is 419 g/mol. The second kappa shape index (κ2) is 8.14. The van der Waals surface area contributed by atoms with E-state index in [1.165, 1.54) is 0 Å². The van der Waals surface area contributed by atoms with Crippen molar-refractivity contribution in [3.05, 3.63) is 66.0 Å². The predicted octanol–water partition coefficient (Wildman–Crippen LogP) is 3.32. The second-order valence-electron chi connectivity index (χ2n) is 7.46. The van der Waals surface area contributed by atoms with Gasteiger partial charge in [0.25, 0.3) is 5.91 Å². The Kier molecular flexibility index (Phi) is 5.03. The maximum atomic E-state index is 12.7. The number of fused-ring (bicyclic) bond motifs is 1. The number of nitrogens with zero attached hydrogens (tertiary/aromatic N) is 2.